The van der Waals surface area contributed by atoms with E-state index >= 15 is 0 Å². The monoisotopic (exact) mass is 201 g/mol. The summed E-state index contributed by atoms with van der Waals surface area (Å²) in [4.78, 5) is 2.22. The predicted octanol–water partition coefficient (Wildman–Crippen LogP) is 1.49. The van der Waals surface area contributed by atoms with Gasteiger partial charge in [0.2, 0.25) is 0 Å². The largest absolute Gasteiger partial charge is 0.409 e. The topological polar surface area (TPSA) is 61.8 Å². The molecule has 0 radical (unpaired) electrons. The molecule has 0 aliphatic carbocycles. The molecule has 0 rings (SSSR count). The molecule has 0 spiro atoms. The van der Waals surface area contributed by atoms with Crippen LogP contribution in [0.2, 0.25) is 0 Å². The van der Waals surface area contributed by atoms with Gasteiger partial charge in [-0.1, -0.05) is 31.8 Å². The summed E-state index contributed by atoms with van der Waals surface area (Å²) in [6, 6.07) is 0. The summed E-state index contributed by atoms with van der Waals surface area (Å²) in [6.07, 6.45) is 3.72. The highest BCUT2D eigenvalue weighted by molar-refractivity contribution is 5.82. The van der Waals surface area contributed by atoms with Gasteiger partial charge in [-0.15, -0.1) is 0 Å². The lowest BCUT2D eigenvalue weighted by molar-refractivity contribution is 0.291. The summed E-state index contributed by atoms with van der Waals surface area (Å²) in [5.41, 5.74) is 5.49. The Labute approximate surface area is 86.8 Å². The molecule has 0 bridgehead atoms. The molecule has 0 fully saturated rings. The van der Waals surface area contributed by atoms with Gasteiger partial charge in [-0.05, 0) is 20.0 Å². The molecule has 1 unspecified atom stereocenters. The van der Waals surface area contributed by atoms with E-state index < -0.39 is 0 Å². The molecule has 4 heteroatoms. The van der Waals surface area contributed by atoms with Crippen LogP contribution in [0.3, 0.4) is 0 Å². The quantitative estimate of drug-likeness (QED) is 0.216. The molecular formula is C10H23N3O. The third kappa shape index (κ3) is 5.80. The van der Waals surface area contributed by atoms with Gasteiger partial charge in [-0.2, -0.15) is 0 Å². The van der Waals surface area contributed by atoms with Crippen molar-refractivity contribution in [3.05, 3.63) is 0 Å². The van der Waals surface area contributed by atoms with E-state index in [1.165, 1.54) is 19.3 Å². The van der Waals surface area contributed by atoms with Gasteiger partial charge in [-0.3, -0.25) is 0 Å². The fourth-order valence-corrected chi connectivity index (χ4v) is 1.38. The van der Waals surface area contributed by atoms with Crippen LogP contribution in [0.1, 0.15) is 33.1 Å². The standard InChI is InChI=1S/C10H23N3O/c1-4-5-6-7-13(3)8-9(2)10(11)12-14/h9,14H,4-8H2,1-3H3,(H2,11,12). The Hall–Kier alpha value is -0.770. The van der Waals surface area contributed by atoms with Crippen LogP contribution in [0, 0.1) is 5.92 Å². The maximum absolute atomic E-state index is 8.48. The second-order valence-corrected chi connectivity index (χ2v) is 3.90. The molecule has 4 nitrogen and oxygen atoms in total. The van der Waals surface area contributed by atoms with E-state index in [9.17, 15) is 0 Å². The van der Waals surface area contributed by atoms with Gasteiger partial charge in [0.1, 0.15) is 5.84 Å². The Kier molecular flexibility index (Phi) is 7.20. The zero-order valence-corrected chi connectivity index (χ0v) is 9.53. The summed E-state index contributed by atoms with van der Waals surface area (Å²) in [7, 11) is 2.07. The molecule has 0 aromatic rings. The molecule has 84 valence electrons. The highest BCUT2D eigenvalue weighted by Gasteiger charge is 2.10. The summed E-state index contributed by atoms with van der Waals surface area (Å²) in [6.45, 7) is 6.08. The second-order valence-electron chi connectivity index (χ2n) is 3.90. The van der Waals surface area contributed by atoms with Crippen LogP contribution < -0.4 is 5.73 Å². The van der Waals surface area contributed by atoms with Crippen LogP contribution in [-0.2, 0) is 0 Å². The fraction of sp³-hybridized carbons (Fsp3) is 0.900. The normalized spacial score (nSPS) is 14.7. The number of unbranched alkanes of at least 4 members (excludes halogenated alkanes) is 2. The smallest absolute Gasteiger partial charge is 0.143 e. The van der Waals surface area contributed by atoms with E-state index in [1.807, 2.05) is 6.92 Å². The minimum atomic E-state index is 0.117. The van der Waals surface area contributed by atoms with E-state index in [-0.39, 0.29) is 5.92 Å². The van der Waals surface area contributed by atoms with Gasteiger partial charge in [0.15, 0.2) is 0 Å². The van der Waals surface area contributed by atoms with Crippen LogP contribution in [0.4, 0.5) is 0 Å². The third-order valence-electron chi connectivity index (χ3n) is 2.35. The van der Waals surface area contributed by atoms with Crippen LogP contribution in [0.25, 0.3) is 0 Å². The lowest BCUT2D eigenvalue weighted by Crippen LogP contribution is -2.33. The van der Waals surface area contributed by atoms with Crippen molar-refractivity contribution in [2.24, 2.45) is 16.8 Å². The molecule has 0 heterocycles. The Morgan fingerprint density at radius 1 is 1.50 bits per heavy atom. The van der Waals surface area contributed by atoms with Gasteiger partial charge >= 0.3 is 0 Å². The first kappa shape index (κ1) is 13.2. The summed E-state index contributed by atoms with van der Waals surface area (Å²) in [5.74, 6) is 0.430. The van der Waals surface area contributed by atoms with Gasteiger partial charge in [-0.25, -0.2) is 0 Å². The summed E-state index contributed by atoms with van der Waals surface area (Å²) >= 11 is 0. The van der Waals surface area contributed by atoms with Crippen molar-refractivity contribution in [2.75, 3.05) is 20.1 Å². The lowest BCUT2D eigenvalue weighted by atomic mass is 10.1. The van der Waals surface area contributed by atoms with Crippen molar-refractivity contribution >= 4 is 5.84 Å². The molecule has 0 amide bonds. The molecule has 0 saturated heterocycles. The molecule has 0 aromatic carbocycles. The first-order valence-electron chi connectivity index (χ1n) is 5.27. The van der Waals surface area contributed by atoms with Crippen LogP contribution in [0.15, 0.2) is 5.16 Å². The Morgan fingerprint density at radius 2 is 2.14 bits per heavy atom. The number of nitrogens with two attached hydrogens (primary N) is 1. The summed E-state index contributed by atoms with van der Waals surface area (Å²) < 4.78 is 0. The van der Waals surface area contributed by atoms with Crippen LogP contribution >= 0.6 is 0 Å². The Morgan fingerprint density at radius 3 is 2.64 bits per heavy atom. The van der Waals surface area contributed by atoms with E-state index in [0.29, 0.717) is 5.84 Å². The predicted molar refractivity (Wildman–Crippen MR) is 59.6 cm³/mol. The molecule has 1 atom stereocenters. The average molecular weight is 201 g/mol. The number of oxime groups is 1. The maximum Gasteiger partial charge on any atom is 0.143 e. The van der Waals surface area contributed by atoms with Gasteiger partial charge in [0, 0.05) is 12.5 Å². The molecule has 0 aliphatic rings. The minimum Gasteiger partial charge on any atom is -0.409 e. The highest BCUT2D eigenvalue weighted by atomic mass is 16.4. The van der Waals surface area contributed by atoms with Crippen molar-refractivity contribution in [2.45, 2.75) is 33.1 Å². The van der Waals surface area contributed by atoms with Crippen molar-refractivity contribution in [3.8, 4) is 0 Å². The first-order valence-corrected chi connectivity index (χ1v) is 5.27. The second kappa shape index (κ2) is 7.62. The summed E-state index contributed by atoms with van der Waals surface area (Å²) in [5, 5.41) is 11.5. The molecule has 0 aliphatic heterocycles. The van der Waals surface area contributed by atoms with Crippen molar-refractivity contribution < 1.29 is 5.21 Å². The molecule has 0 saturated carbocycles. The first-order chi connectivity index (χ1) is 6.61. The highest BCUT2D eigenvalue weighted by Crippen LogP contribution is 2.01. The number of hydrogen-bond acceptors (Lipinski definition) is 3. The molecule has 3 N–H and O–H groups in total. The Balaban J connectivity index is 3.65. The third-order valence-corrected chi connectivity index (χ3v) is 2.35. The van der Waals surface area contributed by atoms with Gasteiger partial charge < -0.3 is 15.8 Å². The zero-order valence-electron chi connectivity index (χ0n) is 9.53. The van der Waals surface area contributed by atoms with E-state index in [2.05, 4.69) is 24.0 Å². The average Bonchev–Trinajstić information content (AvgIpc) is 2.16. The van der Waals surface area contributed by atoms with Crippen molar-refractivity contribution in [1.82, 2.24) is 4.90 Å². The zero-order chi connectivity index (χ0) is 11.0. The van der Waals surface area contributed by atoms with Gasteiger partial charge in [0.25, 0.3) is 0 Å². The number of amidine groups is 1. The molecule has 14 heavy (non-hydrogen) atoms. The van der Waals surface area contributed by atoms with Gasteiger partial charge in [0.05, 0.1) is 0 Å². The van der Waals surface area contributed by atoms with E-state index in [1.54, 1.807) is 0 Å². The van der Waals surface area contributed by atoms with Crippen molar-refractivity contribution in [1.29, 1.82) is 0 Å². The molecular weight excluding hydrogens is 178 g/mol. The number of rotatable bonds is 7. The lowest BCUT2D eigenvalue weighted by Gasteiger charge is -2.20. The van der Waals surface area contributed by atoms with Crippen LogP contribution in [-0.4, -0.2) is 36.1 Å². The van der Waals surface area contributed by atoms with Crippen LogP contribution in [0.5, 0.6) is 0 Å². The Bertz CT molecular complexity index is 171. The minimum absolute atomic E-state index is 0.117. The molecule has 0 aromatic heterocycles. The number of nitrogens with zero attached hydrogens (tertiary/aromatic N) is 2. The van der Waals surface area contributed by atoms with E-state index in [4.69, 9.17) is 10.9 Å². The van der Waals surface area contributed by atoms with E-state index in [0.717, 1.165) is 13.1 Å². The maximum atomic E-state index is 8.48. The van der Waals surface area contributed by atoms with Crippen molar-refractivity contribution in [3.63, 3.8) is 0 Å². The SMILES string of the molecule is CCCCCN(C)CC(C)/C(N)=N/O. The number of hydrogen-bond donors (Lipinski definition) is 2. The fourth-order valence-electron chi connectivity index (χ4n) is 1.38.